The van der Waals surface area contributed by atoms with Crippen molar-refractivity contribution in [1.29, 1.82) is 0 Å². The summed E-state index contributed by atoms with van der Waals surface area (Å²) < 4.78 is 7.84. The van der Waals surface area contributed by atoms with Crippen LogP contribution in [0.5, 0.6) is 0 Å². The number of ether oxygens (including phenoxy) is 1. The minimum absolute atomic E-state index is 0.244. The summed E-state index contributed by atoms with van der Waals surface area (Å²) in [6.45, 7) is 7.93. The van der Waals surface area contributed by atoms with E-state index in [2.05, 4.69) is 33.7 Å². The third-order valence-corrected chi connectivity index (χ3v) is 4.09. The first-order valence-electron chi connectivity index (χ1n) is 7.58. The Balaban J connectivity index is 1.94. The summed E-state index contributed by atoms with van der Waals surface area (Å²) in [6, 6.07) is 0. The fourth-order valence-corrected chi connectivity index (χ4v) is 3.04. The predicted octanol–water partition coefficient (Wildman–Crippen LogP) is 1.26. The maximum atomic E-state index is 5.75. The minimum atomic E-state index is 0.244. The zero-order valence-corrected chi connectivity index (χ0v) is 13.1. The molecule has 1 aliphatic heterocycles. The van der Waals surface area contributed by atoms with E-state index in [9.17, 15) is 0 Å². The van der Waals surface area contributed by atoms with Crippen LogP contribution in [0.1, 0.15) is 25.6 Å². The highest BCUT2D eigenvalue weighted by Gasteiger charge is 2.33. The molecule has 1 unspecified atom stereocenters. The van der Waals surface area contributed by atoms with E-state index in [1.165, 1.54) is 12.8 Å². The van der Waals surface area contributed by atoms with Crippen LogP contribution in [0.3, 0.4) is 0 Å². The van der Waals surface area contributed by atoms with Gasteiger partial charge in [-0.05, 0) is 26.4 Å². The Bertz CT molecular complexity index is 398. The molecule has 1 aromatic heterocycles. The molecule has 0 spiro atoms. The van der Waals surface area contributed by atoms with E-state index in [4.69, 9.17) is 4.74 Å². The Hall–Kier alpha value is -0.910. The van der Waals surface area contributed by atoms with Gasteiger partial charge in [-0.2, -0.15) is 0 Å². The van der Waals surface area contributed by atoms with Crippen molar-refractivity contribution in [3.8, 4) is 0 Å². The van der Waals surface area contributed by atoms with Crippen molar-refractivity contribution >= 4 is 0 Å². The molecule has 0 aliphatic carbocycles. The van der Waals surface area contributed by atoms with E-state index in [1.54, 1.807) is 0 Å². The molecule has 0 saturated carbocycles. The SMILES string of the molecule is CCNCC1(CN(C)Cc2nccn2C)CCCOC1. The maximum absolute atomic E-state index is 5.75. The minimum Gasteiger partial charge on any atom is -0.381 e. The molecule has 1 aliphatic rings. The molecule has 1 aromatic rings. The van der Waals surface area contributed by atoms with Gasteiger partial charge in [-0.1, -0.05) is 6.92 Å². The van der Waals surface area contributed by atoms with Gasteiger partial charge < -0.3 is 14.6 Å². The summed E-state index contributed by atoms with van der Waals surface area (Å²) in [5.74, 6) is 1.11. The summed E-state index contributed by atoms with van der Waals surface area (Å²) in [4.78, 5) is 6.78. The Morgan fingerprint density at radius 1 is 1.55 bits per heavy atom. The van der Waals surface area contributed by atoms with Crippen LogP contribution in [0.4, 0.5) is 0 Å². The molecule has 0 aromatic carbocycles. The number of hydrogen-bond acceptors (Lipinski definition) is 4. The van der Waals surface area contributed by atoms with Gasteiger partial charge in [-0.3, -0.25) is 4.90 Å². The first kappa shape index (κ1) is 15.5. The summed E-state index contributed by atoms with van der Waals surface area (Å²) in [5.41, 5.74) is 0.244. The molecule has 1 atom stereocenters. The zero-order valence-electron chi connectivity index (χ0n) is 13.1. The van der Waals surface area contributed by atoms with Crippen LogP contribution < -0.4 is 5.32 Å². The molecule has 2 rings (SSSR count). The van der Waals surface area contributed by atoms with E-state index < -0.39 is 0 Å². The summed E-state index contributed by atoms with van der Waals surface area (Å²) in [5, 5.41) is 3.51. The summed E-state index contributed by atoms with van der Waals surface area (Å²) in [7, 11) is 4.23. The molecule has 0 bridgehead atoms. The van der Waals surface area contributed by atoms with Gasteiger partial charge in [0.05, 0.1) is 13.2 Å². The lowest BCUT2D eigenvalue weighted by atomic mass is 9.81. The number of nitrogens with one attached hydrogen (secondary N) is 1. The van der Waals surface area contributed by atoms with Crippen LogP contribution in [-0.2, 0) is 18.3 Å². The normalized spacial score (nSPS) is 23.4. The first-order valence-corrected chi connectivity index (χ1v) is 7.58. The molecule has 2 heterocycles. The Kier molecular flexibility index (Phi) is 5.57. The third-order valence-electron chi connectivity index (χ3n) is 4.09. The fraction of sp³-hybridized carbons (Fsp3) is 0.800. The van der Waals surface area contributed by atoms with E-state index in [0.717, 1.165) is 45.2 Å². The van der Waals surface area contributed by atoms with Crippen LogP contribution in [0, 0.1) is 5.41 Å². The highest BCUT2D eigenvalue weighted by Crippen LogP contribution is 2.29. The number of hydrogen-bond donors (Lipinski definition) is 1. The number of aromatic nitrogens is 2. The fourth-order valence-electron chi connectivity index (χ4n) is 3.04. The van der Waals surface area contributed by atoms with Crippen molar-refractivity contribution in [3.63, 3.8) is 0 Å². The maximum Gasteiger partial charge on any atom is 0.122 e. The average Bonchev–Trinajstić information content (AvgIpc) is 2.83. The van der Waals surface area contributed by atoms with Gasteiger partial charge in [-0.25, -0.2) is 4.98 Å². The van der Waals surface area contributed by atoms with Crippen LogP contribution >= 0.6 is 0 Å². The molecule has 5 heteroatoms. The number of aryl methyl sites for hydroxylation is 1. The van der Waals surface area contributed by atoms with Gasteiger partial charge in [-0.15, -0.1) is 0 Å². The molecular weight excluding hydrogens is 252 g/mol. The van der Waals surface area contributed by atoms with E-state index in [-0.39, 0.29) is 5.41 Å². The summed E-state index contributed by atoms with van der Waals surface area (Å²) >= 11 is 0. The molecule has 5 nitrogen and oxygen atoms in total. The molecule has 0 radical (unpaired) electrons. The second kappa shape index (κ2) is 7.20. The molecular formula is C15H28N4O. The number of rotatable bonds is 7. The van der Waals surface area contributed by atoms with Crippen LogP contribution in [0.2, 0.25) is 0 Å². The van der Waals surface area contributed by atoms with Crippen molar-refractivity contribution in [3.05, 3.63) is 18.2 Å². The second-order valence-corrected chi connectivity index (χ2v) is 6.06. The van der Waals surface area contributed by atoms with Gasteiger partial charge in [0, 0.05) is 44.6 Å². The lowest BCUT2D eigenvalue weighted by Gasteiger charge is -2.40. The highest BCUT2D eigenvalue weighted by atomic mass is 16.5. The van der Waals surface area contributed by atoms with Crippen LogP contribution in [-0.4, -0.2) is 54.3 Å². The lowest BCUT2D eigenvalue weighted by molar-refractivity contribution is -0.0238. The van der Waals surface area contributed by atoms with Crippen molar-refractivity contribution in [2.24, 2.45) is 12.5 Å². The van der Waals surface area contributed by atoms with Crippen LogP contribution in [0.25, 0.3) is 0 Å². The van der Waals surface area contributed by atoms with Gasteiger partial charge in [0.2, 0.25) is 0 Å². The average molecular weight is 280 g/mol. The Labute approximate surface area is 122 Å². The van der Waals surface area contributed by atoms with E-state index >= 15 is 0 Å². The van der Waals surface area contributed by atoms with E-state index in [1.807, 2.05) is 19.4 Å². The highest BCUT2D eigenvalue weighted by molar-refractivity contribution is 4.93. The molecule has 20 heavy (non-hydrogen) atoms. The van der Waals surface area contributed by atoms with Gasteiger partial charge >= 0.3 is 0 Å². The standard InChI is InChI=1S/C15H28N4O/c1-4-16-11-15(6-5-9-20-13-15)12-18(2)10-14-17-7-8-19(14)3/h7-8,16H,4-6,9-13H2,1-3H3. The zero-order chi connectivity index (χ0) is 14.4. The topological polar surface area (TPSA) is 42.3 Å². The number of nitrogens with zero attached hydrogens (tertiary/aromatic N) is 3. The quantitative estimate of drug-likeness (QED) is 0.816. The van der Waals surface area contributed by atoms with E-state index in [0.29, 0.717) is 0 Å². The second-order valence-electron chi connectivity index (χ2n) is 6.06. The first-order chi connectivity index (χ1) is 9.65. The van der Waals surface area contributed by atoms with Crippen LogP contribution in [0.15, 0.2) is 12.4 Å². The third kappa shape index (κ3) is 4.04. The Morgan fingerprint density at radius 2 is 2.40 bits per heavy atom. The predicted molar refractivity (Wildman–Crippen MR) is 80.6 cm³/mol. The lowest BCUT2D eigenvalue weighted by Crippen LogP contribution is -2.48. The largest absolute Gasteiger partial charge is 0.381 e. The van der Waals surface area contributed by atoms with Gasteiger partial charge in [0.1, 0.15) is 5.82 Å². The molecule has 1 N–H and O–H groups in total. The van der Waals surface area contributed by atoms with Crippen molar-refractivity contribution in [2.75, 3.05) is 39.9 Å². The number of imidazole rings is 1. The molecule has 114 valence electrons. The van der Waals surface area contributed by atoms with Gasteiger partial charge in [0.25, 0.3) is 0 Å². The molecule has 1 saturated heterocycles. The molecule has 0 amide bonds. The smallest absolute Gasteiger partial charge is 0.122 e. The van der Waals surface area contributed by atoms with Crippen molar-refractivity contribution < 1.29 is 4.74 Å². The monoisotopic (exact) mass is 280 g/mol. The van der Waals surface area contributed by atoms with Crippen molar-refractivity contribution in [2.45, 2.75) is 26.3 Å². The van der Waals surface area contributed by atoms with Crippen molar-refractivity contribution in [1.82, 2.24) is 19.8 Å². The van der Waals surface area contributed by atoms with Gasteiger partial charge in [0.15, 0.2) is 0 Å². The Morgan fingerprint density at radius 3 is 3.00 bits per heavy atom. The molecule has 1 fully saturated rings. The summed E-state index contributed by atoms with van der Waals surface area (Å²) in [6.07, 6.45) is 6.27.